The summed E-state index contributed by atoms with van der Waals surface area (Å²) in [6, 6.07) is 9.68. The smallest absolute Gasteiger partial charge is 0.258 e. The van der Waals surface area contributed by atoms with Gasteiger partial charge in [0.05, 0.1) is 6.54 Å². The van der Waals surface area contributed by atoms with Gasteiger partial charge in [-0.1, -0.05) is 18.2 Å². The van der Waals surface area contributed by atoms with Crippen LogP contribution >= 0.6 is 0 Å². The van der Waals surface area contributed by atoms with Gasteiger partial charge in [0.2, 0.25) is 11.2 Å². The number of anilines is 1. The second-order valence-corrected chi connectivity index (χ2v) is 6.39. The van der Waals surface area contributed by atoms with Crippen LogP contribution in [0.1, 0.15) is 25.2 Å². The molecule has 0 saturated carbocycles. The Labute approximate surface area is 146 Å². The third kappa shape index (κ3) is 4.21. The third-order valence-corrected chi connectivity index (χ3v) is 3.99. The Bertz CT molecular complexity index is 813. The minimum Gasteiger partial charge on any atom is -0.477 e. The highest BCUT2D eigenvalue weighted by Gasteiger charge is 2.19. The number of nitrogens with zero attached hydrogens (tertiary/aromatic N) is 1. The highest BCUT2D eigenvalue weighted by atomic mass is 16.5. The van der Waals surface area contributed by atoms with E-state index >= 15 is 0 Å². The van der Waals surface area contributed by atoms with Gasteiger partial charge < -0.3 is 19.4 Å². The molecule has 0 radical (unpaired) electrons. The van der Waals surface area contributed by atoms with Gasteiger partial charge in [-0.25, -0.2) is 0 Å². The van der Waals surface area contributed by atoms with Gasteiger partial charge in [-0.05, 0) is 31.9 Å². The van der Waals surface area contributed by atoms with E-state index in [4.69, 9.17) is 9.15 Å². The minimum atomic E-state index is -0.286. The lowest BCUT2D eigenvalue weighted by molar-refractivity contribution is -0.123. The van der Waals surface area contributed by atoms with Gasteiger partial charge in [-0.2, -0.15) is 0 Å². The second kappa shape index (κ2) is 7.42. The number of carbonyl (C=O) groups excluding carboxylic acids is 1. The summed E-state index contributed by atoms with van der Waals surface area (Å²) in [4.78, 5) is 25.9. The van der Waals surface area contributed by atoms with E-state index < -0.39 is 0 Å². The first kappa shape index (κ1) is 17.1. The van der Waals surface area contributed by atoms with E-state index in [1.54, 1.807) is 0 Å². The first-order valence-corrected chi connectivity index (χ1v) is 8.39. The molecule has 1 aromatic heterocycles. The number of carbonyl (C=O) groups is 1. The molecule has 2 aromatic rings. The van der Waals surface area contributed by atoms with E-state index in [-0.39, 0.29) is 29.7 Å². The van der Waals surface area contributed by atoms with Crippen LogP contribution in [0.2, 0.25) is 0 Å². The van der Waals surface area contributed by atoms with E-state index in [0.717, 1.165) is 13.0 Å². The molecule has 1 aliphatic heterocycles. The van der Waals surface area contributed by atoms with Crippen molar-refractivity contribution in [3.8, 4) is 5.75 Å². The summed E-state index contributed by atoms with van der Waals surface area (Å²) in [7, 11) is 0. The zero-order chi connectivity index (χ0) is 17.8. The molecule has 6 nitrogen and oxygen atoms in total. The molecule has 0 fully saturated rings. The Morgan fingerprint density at radius 3 is 2.92 bits per heavy atom. The fourth-order valence-corrected chi connectivity index (χ4v) is 2.89. The van der Waals surface area contributed by atoms with E-state index in [0.29, 0.717) is 12.3 Å². The lowest BCUT2D eigenvalue weighted by Gasteiger charge is -2.18. The molecule has 0 saturated heterocycles. The van der Waals surface area contributed by atoms with Crippen LogP contribution in [0, 0.1) is 0 Å². The van der Waals surface area contributed by atoms with Gasteiger partial charge in [0.15, 0.2) is 6.61 Å². The van der Waals surface area contributed by atoms with Crippen LogP contribution in [-0.2, 0) is 17.8 Å². The van der Waals surface area contributed by atoms with Crippen molar-refractivity contribution in [3.63, 3.8) is 0 Å². The molecule has 0 atom stereocenters. The Morgan fingerprint density at radius 1 is 1.36 bits per heavy atom. The maximum atomic E-state index is 12.2. The number of amides is 1. The number of ether oxygens (including phenoxy) is 1. The van der Waals surface area contributed by atoms with Gasteiger partial charge >= 0.3 is 0 Å². The van der Waals surface area contributed by atoms with Gasteiger partial charge in [-0.15, -0.1) is 0 Å². The van der Waals surface area contributed by atoms with Crippen LogP contribution in [0.15, 0.2) is 45.8 Å². The lowest BCUT2D eigenvalue weighted by Crippen LogP contribution is -2.34. The summed E-state index contributed by atoms with van der Waals surface area (Å²) in [5.74, 6) is 0.345. The van der Waals surface area contributed by atoms with E-state index in [2.05, 4.69) is 22.3 Å². The molecule has 6 heteroatoms. The van der Waals surface area contributed by atoms with Gasteiger partial charge in [0.25, 0.3) is 5.91 Å². The highest BCUT2D eigenvalue weighted by Crippen LogP contribution is 2.28. The van der Waals surface area contributed by atoms with Crippen molar-refractivity contribution in [1.29, 1.82) is 0 Å². The van der Waals surface area contributed by atoms with E-state index in [9.17, 15) is 9.59 Å². The zero-order valence-electron chi connectivity index (χ0n) is 14.5. The summed E-state index contributed by atoms with van der Waals surface area (Å²) in [6.07, 6.45) is 2.27. The maximum absolute atomic E-state index is 12.2. The van der Waals surface area contributed by atoms with Crippen molar-refractivity contribution in [3.05, 3.63) is 58.1 Å². The third-order valence-electron chi connectivity index (χ3n) is 3.99. The molecule has 132 valence electrons. The fraction of sp³-hybridized carbons (Fsp3) is 0.368. The molecule has 0 spiro atoms. The molecule has 1 aromatic carbocycles. The van der Waals surface area contributed by atoms with Crippen molar-refractivity contribution < 1.29 is 13.9 Å². The number of nitrogens with one attached hydrogen (secondary N) is 1. The van der Waals surface area contributed by atoms with Crippen molar-refractivity contribution in [2.45, 2.75) is 32.9 Å². The van der Waals surface area contributed by atoms with Crippen LogP contribution in [0.5, 0.6) is 5.75 Å². The molecule has 0 aliphatic carbocycles. The number of fused-ring (bicyclic) bond motifs is 1. The molecule has 1 N–H and O–H groups in total. The van der Waals surface area contributed by atoms with Crippen molar-refractivity contribution in [1.82, 2.24) is 5.32 Å². The monoisotopic (exact) mass is 342 g/mol. The zero-order valence-corrected chi connectivity index (χ0v) is 14.5. The van der Waals surface area contributed by atoms with Crippen molar-refractivity contribution in [2.75, 3.05) is 18.1 Å². The number of para-hydroxylation sites is 1. The van der Waals surface area contributed by atoms with Crippen LogP contribution in [0.25, 0.3) is 0 Å². The Balaban J connectivity index is 1.63. The van der Waals surface area contributed by atoms with Crippen molar-refractivity contribution in [2.24, 2.45) is 0 Å². The van der Waals surface area contributed by atoms with Crippen molar-refractivity contribution >= 4 is 11.6 Å². The fourth-order valence-electron chi connectivity index (χ4n) is 2.89. The first-order valence-electron chi connectivity index (χ1n) is 8.39. The van der Waals surface area contributed by atoms with Gasteiger partial charge in [-0.3, -0.25) is 9.59 Å². The highest BCUT2D eigenvalue weighted by molar-refractivity contribution is 5.77. The lowest BCUT2D eigenvalue weighted by atomic mass is 10.2. The molecular weight excluding hydrogens is 320 g/mol. The standard InChI is InChI=1S/C19H22N2O4/c1-13(2)20-19(23)12-25-18-11-24-15(9-17(18)22)10-21-8-7-14-5-3-4-6-16(14)21/h3-6,9,11,13H,7-8,10,12H2,1-2H3,(H,20,23). The molecule has 1 amide bonds. The molecule has 0 unspecified atom stereocenters. The number of benzene rings is 1. The molecule has 3 rings (SSSR count). The molecular formula is C19H22N2O4. The SMILES string of the molecule is CC(C)NC(=O)COc1coc(CN2CCc3ccccc32)cc1=O. The van der Waals surface area contributed by atoms with Crippen LogP contribution in [-0.4, -0.2) is 25.1 Å². The summed E-state index contributed by atoms with van der Waals surface area (Å²) >= 11 is 0. The average molecular weight is 342 g/mol. The van der Waals surface area contributed by atoms with E-state index in [1.165, 1.54) is 23.6 Å². The maximum Gasteiger partial charge on any atom is 0.258 e. The molecule has 25 heavy (non-hydrogen) atoms. The van der Waals surface area contributed by atoms with Gasteiger partial charge in [0, 0.05) is 24.3 Å². The second-order valence-electron chi connectivity index (χ2n) is 6.39. The van der Waals surface area contributed by atoms with E-state index in [1.807, 2.05) is 26.0 Å². The quantitative estimate of drug-likeness (QED) is 0.870. The Hall–Kier alpha value is -2.76. The number of hydrogen-bond acceptors (Lipinski definition) is 5. The number of rotatable bonds is 6. The summed E-state index contributed by atoms with van der Waals surface area (Å²) in [5, 5.41) is 2.70. The molecule has 1 aliphatic rings. The molecule has 0 bridgehead atoms. The normalized spacial score (nSPS) is 13.0. The summed E-state index contributed by atoms with van der Waals surface area (Å²) in [5.41, 5.74) is 2.20. The largest absolute Gasteiger partial charge is 0.477 e. The van der Waals surface area contributed by atoms with Crippen LogP contribution in [0.3, 0.4) is 0 Å². The predicted molar refractivity (Wildman–Crippen MR) is 94.9 cm³/mol. The number of hydrogen-bond donors (Lipinski definition) is 1. The Kier molecular flexibility index (Phi) is 5.07. The average Bonchev–Trinajstić information content (AvgIpc) is 2.97. The van der Waals surface area contributed by atoms with Gasteiger partial charge in [0.1, 0.15) is 12.0 Å². The molecule has 2 heterocycles. The predicted octanol–water partition coefficient (Wildman–Crippen LogP) is 2.11. The summed E-state index contributed by atoms with van der Waals surface area (Å²) in [6.45, 7) is 4.94. The minimum absolute atomic E-state index is 0.0261. The first-order chi connectivity index (χ1) is 12.0. The van der Waals surface area contributed by atoms with Crippen LogP contribution in [0.4, 0.5) is 5.69 Å². The summed E-state index contributed by atoms with van der Waals surface area (Å²) < 4.78 is 10.8. The Morgan fingerprint density at radius 2 is 2.16 bits per heavy atom. The topological polar surface area (TPSA) is 71.8 Å². The van der Waals surface area contributed by atoms with Crippen LogP contribution < -0.4 is 20.4 Å².